The molecule has 0 aliphatic heterocycles. The van der Waals surface area contributed by atoms with E-state index in [1.165, 1.54) is 12.1 Å². The summed E-state index contributed by atoms with van der Waals surface area (Å²) in [5.41, 5.74) is 2.11. The molecule has 0 saturated carbocycles. The van der Waals surface area contributed by atoms with Gasteiger partial charge in [-0.3, -0.25) is 4.99 Å². The quantitative estimate of drug-likeness (QED) is 0.671. The lowest BCUT2D eigenvalue weighted by atomic mass is 10.2. The minimum atomic E-state index is -0.232. The maximum atomic E-state index is 12.8. The zero-order valence-electron chi connectivity index (χ0n) is 11.7. The summed E-state index contributed by atoms with van der Waals surface area (Å²) in [5, 5.41) is 7.11. The van der Waals surface area contributed by atoms with Crippen LogP contribution in [-0.4, -0.2) is 13.0 Å². The number of aliphatic imine (C=N–C) groups is 1. The Morgan fingerprint density at radius 3 is 1.90 bits per heavy atom. The number of halogens is 2. The smallest absolute Gasteiger partial charge is 0.191 e. The van der Waals surface area contributed by atoms with Crippen molar-refractivity contribution in [3.05, 3.63) is 70.5 Å². The summed E-state index contributed by atoms with van der Waals surface area (Å²) in [7, 11) is 1.71. The van der Waals surface area contributed by atoms with Crippen molar-refractivity contribution in [3.8, 4) is 0 Å². The first kappa shape index (κ1) is 15.3. The largest absolute Gasteiger partial charge is 0.352 e. The van der Waals surface area contributed by atoms with Crippen molar-refractivity contribution in [2.24, 2.45) is 4.99 Å². The molecule has 2 aromatic rings. The second-order valence-corrected chi connectivity index (χ2v) is 4.97. The van der Waals surface area contributed by atoms with Crippen molar-refractivity contribution < 1.29 is 4.39 Å². The molecule has 2 aromatic carbocycles. The summed E-state index contributed by atoms with van der Waals surface area (Å²) in [6.45, 7) is 1.24. The molecular weight excluding hydrogens is 289 g/mol. The van der Waals surface area contributed by atoms with E-state index in [0.717, 1.165) is 16.1 Å². The lowest BCUT2D eigenvalue weighted by molar-refractivity contribution is 0.626. The van der Waals surface area contributed by atoms with Crippen LogP contribution in [0.3, 0.4) is 0 Å². The van der Waals surface area contributed by atoms with Gasteiger partial charge >= 0.3 is 0 Å². The first-order valence-electron chi connectivity index (χ1n) is 6.61. The minimum absolute atomic E-state index is 0.232. The average Bonchev–Trinajstić information content (AvgIpc) is 2.51. The van der Waals surface area contributed by atoms with Crippen LogP contribution in [0.2, 0.25) is 5.02 Å². The predicted octanol–water partition coefficient (Wildman–Crippen LogP) is 3.34. The molecule has 0 unspecified atom stereocenters. The maximum Gasteiger partial charge on any atom is 0.191 e. The van der Waals surface area contributed by atoms with Gasteiger partial charge in [0.05, 0.1) is 0 Å². The SMILES string of the molecule is CN=C(NCc1ccc(F)cc1)NCc1ccc(Cl)cc1. The molecule has 5 heteroatoms. The van der Waals surface area contributed by atoms with Crippen LogP contribution in [0, 0.1) is 5.82 Å². The third-order valence-corrected chi connectivity index (χ3v) is 3.22. The molecule has 2 rings (SSSR count). The van der Waals surface area contributed by atoms with Gasteiger partial charge in [0, 0.05) is 25.2 Å². The first-order valence-corrected chi connectivity index (χ1v) is 6.98. The topological polar surface area (TPSA) is 36.4 Å². The van der Waals surface area contributed by atoms with E-state index >= 15 is 0 Å². The zero-order chi connectivity index (χ0) is 15.1. The zero-order valence-corrected chi connectivity index (χ0v) is 12.5. The van der Waals surface area contributed by atoms with Crippen LogP contribution in [0.4, 0.5) is 4.39 Å². The van der Waals surface area contributed by atoms with Crippen LogP contribution >= 0.6 is 11.6 Å². The van der Waals surface area contributed by atoms with Crippen LogP contribution in [0.15, 0.2) is 53.5 Å². The van der Waals surface area contributed by atoms with E-state index in [0.29, 0.717) is 19.0 Å². The molecule has 0 spiro atoms. The molecule has 0 fully saturated rings. The number of benzene rings is 2. The number of nitrogens with one attached hydrogen (secondary N) is 2. The fourth-order valence-electron chi connectivity index (χ4n) is 1.80. The van der Waals surface area contributed by atoms with Crippen molar-refractivity contribution in [2.45, 2.75) is 13.1 Å². The lowest BCUT2D eigenvalue weighted by Crippen LogP contribution is -2.36. The molecule has 21 heavy (non-hydrogen) atoms. The highest BCUT2D eigenvalue weighted by Gasteiger charge is 1.99. The highest BCUT2D eigenvalue weighted by molar-refractivity contribution is 6.30. The Labute approximate surface area is 128 Å². The maximum absolute atomic E-state index is 12.8. The van der Waals surface area contributed by atoms with Gasteiger partial charge in [0.1, 0.15) is 5.82 Å². The van der Waals surface area contributed by atoms with Crippen LogP contribution in [-0.2, 0) is 13.1 Å². The molecule has 0 heterocycles. The van der Waals surface area contributed by atoms with E-state index in [2.05, 4.69) is 15.6 Å². The number of hydrogen-bond acceptors (Lipinski definition) is 1. The fourth-order valence-corrected chi connectivity index (χ4v) is 1.92. The lowest BCUT2D eigenvalue weighted by Gasteiger charge is -2.12. The molecular formula is C16H17ClFN3. The highest BCUT2D eigenvalue weighted by Crippen LogP contribution is 2.09. The van der Waals surface area contributed by atoms with Crippen molar-refractivity contribution >= 4 is 17.6 Å². The van der Waals surface area contributed by atoms with Gasteiger partial charge in [-0.15, -0.1) is 0 Å². The van der Waals surface area contributed by atoms with E-state index in [1.807, 2.05) is 24.3 Å². The number of nitrogens with zero attached hydrogens (tertiary/aromatic N) is 1. The van der Waals surface area contributed by atoms with E-state index in [1.54, 1.807) is 19.2 Å². The molecule has 0 amide bonds. The third-order valence-electron chi connectivity index (χ3n) is 2.97. The number of hydrogen-bond donors (Lipinski definition) is 2. The van der Waals surface area contributed by atoms with Crippen molar-refractivity contribution in [2.75, 3.05) is 7.05 Å². The Kier molecular flexibility index (Phi) is 5.58. The van der Waals surface area contributed by atoms with E-state index in [4.69, 9.17) is 11.6 Å². The second kappa shape index (κ2) is 7.64. The summed E-state index contributed by atoms with van der Waals surface area (Å²) in [6, 6.07) is 14.0. The summed E-state index contributed by atoms with van der Waals surface area (Å²) in [5.74, 6) is 0.457. The molecule has 2 N–H and O–H groups in total. The van der Waals surface area contributed by atoms with Crippen molar-refractivity contribution in [1.82, 2.24) is 10.6 Å². The minimum Gasteiger partial charge on any atom is -0.352 e. The average molecular weight is 306 g/mol. The molecule has 110 valence electrons. The first-order chi connectivity index (χ1) is 10.2. The Morgan fingerprint density at radius 1 is 0.952 bits per heavy atom. The summed E-state index contributed by atoms with van der Waals surface area (Å²) in [6.07, 6.45) is 0. The molecule has 0 saturated heterocycles. The van der Waals surface area contributed by atoms with Crippen molar-refractivity contribution in [3.63, 3.8) is 0 Å². The standard InChI is InChI=1S/C16H17ClFN3/c1-19-16(20-10-12-2-6-14(17)7-3-12)21-11-13-4-8-15(18)9-5-13/h2-9H,10-11H2,1H3,(H2,19,20,21). The van der Waals surface area contributed by atoms with Gasteiger partial charge in [0.15, 0.2) is 5.96 Å². The summed E-state index contributed by atoms with van der Waals surface area (Å²) < 4.78 is 12.8. The molecule has 0 radical (unpaired) electrons. The normalized spacial score (nSPS) is 11.3. The van der Waals surface area contributed by atoms with Gasteiger partial charge in [-0.1, -0.05) is 35.9 Å². The second-order valence-electron chi connectivity index (χ2n) is 4.53. The summed E-state index contributed by atoms with van der Waals surface area (Å²) in [4.78, 5) is 4.15. The molecule has 0 aliphatic rings. The molecule has 0 bridgehead atoms. The van der Waals surface area contributed by atoms with Crippen LogP contribution in [0.25, 0.3) is 0 Å². The Balaban J connectivity index is 1.83. The number of rotatable bonds is 4. The molecule has 0 atom stereocenters. The van der Waals surface area contributed by atoms with Crippen LogP contribution in [0.5, 0.6) is 0 Å². The van der Waals surface area contributed by atoms with E-state index < -0.39 is 0 Å². The van der Waals surface area contributed by atoms with Gasteiger partial charge in [-0.05, 0) is 35.4 Å². The van der Waals surface area contributed by atoms with Gasteiger partial charge < -0.3 is 10.6 Å². The van der Waals surface area contributed by atoms with E-state index in [9.17, 15) is 4.39 Å². The monoisotopic (exact) mass is 305 g/mol. The molecule has 3 nitrogen and oxygen atoms in total. The summed E-state index contributed by atoms with van der Waals surface area (Å²) >= 11 is 5.85. The van der Waals surface area contributed by atoms with Gasteiger partial charge in [0.2, 0.25) is 0 Å². The Morgan fingerprint density at radius 2 is 1.43 bits per heavy atom. The highest BCUT2D eigenvalue weighted by atomic mass is 35.5. The number of guanidine groups is 1. The van der Waals surface area contributed by atoms with Gasteiger partial charge in [-0.2, -0.15) is 0 Å². The Bertz CT molecular complexity index is 542. The van der Waals surface area contributed by atoms with E-state index in [-0.39, 0.29) is 5.82 Å². The predicted molar refractivity (Wildman–Crippen MR) is 84.9 cm³/mol. The van der Waals surface area contributed by atoms with Gasteiger partial charge in [0.25, 0.3) is 0 Å². The van der Waals surface area contributed by atoms with Crippen LogP contribution in [0.1, 0.15) is 11.1 Å². The molecule has 0 aromatic heterocycles. The van der Waals surface area contributed by atoms with Crippen LogP contribution < -0.4 is 10.6 Å². The fraction of sp³-hybridized carbons (Fsp3) is 0.188. The third kappa shape index (κ3) is 5.08. The molecule has 0 aliphatic carbocycles. The Hall–Kier alpha value is -2.07. The van der Waals surface area contributed by atoms with Gasteiger partial charge in [-0.25, -0.2) is 4.39 Å². The van der Waals surface area contributed by atoms with Crippen molar-refractivity contribution in [1.29, 1.82) is 0 Å².